The zero-order chi connectivity index (χ0) is 14.5. The SMILES string of the molecule is CCOc1cc(C=Nc2cc(Cl)cc(Cl)c2)ccc1O. The van der Waals surface area contributed by atoms with Gasteiger partial charge in [0.1, 0.15) is 0 Å². The lowest BCUT2D eigenvalue weighted by molar-refractivity contribution is 0.318. The maximum Gasteiger partial charge on any atom is 0.161 e. The molecule has 0 amide bonds. The fourth-order valence-corrected chi connectivity index (χ4v) is 2.16. The summed E-state index contributed by atoms with van der Waals surface area (Å²) in [5, 5.41) is 10.7. The Bertz CT molecular complexity index is 622. The van der Waals surface area contributed by atoms with Gasteiger partial charge in [0.15, 0.2) is 11.5 Å². The molecular weight excluding hydrogens is 297 g/mol. The number of phenolic OH excluding ortho intramolecular Hbond substituents is 1. The third-order valence-electron chi connectivity index (χ3n) is 2.49. The normalized spacial score (nSPS) is 10.9. The van der Waals surface area contributed by atoms with Crippen molar-refractivity contribution in [1.29, 1.82) is 0 Å². The maximum absolute atomic E-state index is 9.62. The van der Waals surface area contributed by atoms with Crippen molar-refractivity contribution in [3.63, 3.8) is 0 Å². The topological polar surface area (TPSA) is 41.8 Å². The first-order valence-corrected chi connectivity index (χ1v) is 6.80. The average molecular weight is 310 g/mol. The van der Waals surface area contributed by atoms with Gasteiger partial charge in [0.25, 0.3) is 0 Å². The van der Waals surface area contributed by atoms with E-state index in [2.05, 4.69) is 4.99 Å². The Morgan fingerprint density at radius 1 is 1.15 bits per heavy atom. The number of halogens is 2. The zero-order valence-electron chi connectivity index (χ0n) is 10.8. The van der Waals surface area contributed by atoms with Gasteiger partial charge in [-0.15, -0.1) is 0 Å². The predicted molar refractivity (Wildman–Crippen MR) is 83.0 cm³/mol. The zero-order valence-corrected chi connectivity index (χ0v) is 12.3. The van der Waals surface area contributed by atoms with Gasteiger partial charge in [-0.2, -0.15) is 0 Å². The van der Waals surface area contributed by atoms with E-state index in [0.717, 1.165) is 5.56 Å². The van der Waals surface area contributed by atoms with Crippen LogP contribution in [0.5, 0.6) is 11.5 Å². The molecule has 0 atom stereocenters. The van der Waals surface area contributed by atoms with E-state index < -0.39 is 0 Å². The van der Waals surface area contributed by atoms with Gasteiger partial charge in [-0.25, -0.2) is 0 Å². The Morgan fingerprint density at radius 3 is 2.50 bits per heavy atom. The van der Waals surface area contributed by atoms with E-state index in [1.54, 1.807) is 42.6 Å². The maximum atomic E-state index is 9.62. The van der Waals surface area contributed by atoms with Crippen molar-refractivity contribution in [3.05, 3.63) is 52.0 Å². The van der Waals surface area contributed by atoms with Crippen molar-refractivity contribution >= 4 is 35.1 Å². The number of hydrogen-bond donors (Lipinski definition) is 1. The molecule has 104 valence electrons. The summed E-state index contributed by atoms with van der Waals surface area (Å²) in [6.45, 7) is 2.34. The minimum absolute atomic E-state index is 0.106. The smallest absolute Gasteiger partial charge is 0.161 e. The molecule has 0 aliphatic rings. The van der Waals surface area contributed by atoms with Gasteiger partial charge in [-0.05, 0) is 48.9 Å². The molecule has 0 unspecified atom stereocenters. The summed E-state index contributed by atoms with van der Waals surface area (Å²) < 4.78 is 5.31. The van der Waals surface area contributed by atoms with Gasteiger partial charge in [0.05, 0.1) is 12.3 Å². The van der Waals surface area contributed by atoms with Crippen LogP contribution in [0.3, 0.4) is 0 Å². The quantitative estimate of drug-likeness (QED) is 0.820. The molecule has 20 heavy (non-hydrogen) atoms. The van der Waals surface area contributed by atoms with E-state index in [-0.39, 0.29) is 5.75 Å². The van der Waals surface area contributed by atoms with Crippen LogP contribution >= 0.6 is 23.2 Å². The highest BCUT2D eigenvalue weighted by Crippen LogP contribution is 2.27. The number of hydrogen-bond acceptors (Lipinski definition) is 3. The summed E-state index contributed by atoms with van der Waals surface area (Å²) in [5.74, 6) is 0.537. The van der Waals surface area contributed by atoms with Crippen LogP contribution in [0, 0.1) is 0 Å². The Morgan fingerprint density at radius 2 is 1.85 bits per heavy atom. The molecular formula is C15H13Cl2NO2. The standard InChI is InChI=1S/C15H13Cl2NO2/c1-2-20-15-5-10(3-4-14(15)19)9-18-13-7-11(16)6-12(17)8-13/h3-9,19H,2H2,1H3. The van der Waals surface area contributed by atoms with Gasteiger partial charge in [-0.3, -0.25) is 4.99 Å². The first-order chi connectivity index (χ1) is 9.58. The van der Waals surface area contributed by atoms with Gasteiger partial charge in [0.2, 0.25) is 0 Å². The van der Waals surface area contributed by atoms with Crippen molar-refractivity contribution in [2.75, 3.05) is 6.61 Å². The highest BCUT2D eigenvalue weighted by molar-refractivity contribution is 6.35. The minimum atomic E-state index is 0.106. The van der Waals surface area contributed by atoms with Crippen LogP contribution < -0.4 is 4.74 Å². The van der Waals surface area contributed by atoms with Crippen LogP contribution in [0.1, 0.15) is 12.5 Å². The Balaban J connectivity index is 2.24. The molecule has 3 nitrogen and oxygen atoms in total. The highest BCUT2D eigenvalue weighted by Gasteiger charge is 2.02. The second-order valence-electron chi connectivity index (χ2n) is 4.05. The second kappa shape index (κ2) is 6.64. The molecule has 0 fully saturated rings. The monoisotopic (exact) mass is 309 g/mol. The van der Waals surface area contributed by atoms with Crippen LogP contribution in [0.4, 0.5) is 5.69 Å². The van der Waals surface area contributed by atoms with Crippen molar-refractivity contribution in [2.45, 2.75) is 6.92 Å². The molecule has 0 heterocycles. The molecule has 0 saturated carbocycles. The summed E-state index contributed by atoms with van der Waals surface area (Å²) in [7, 11) is 0. The molecule has 0 radical (unpaired) electrons. The van der Waals surface area contributed by atoms with Gasteiger partial charge in [0, 0.05) is 16.3 Å². The van der Waals surface area contributed by atoms with Crippen molar-refractivity contribution in [1.82, 2.24) is 0 Å². The second-order valence-corrected chi connectivity index (χ2v) is 4.92. The van der Waals surface area contributed by atoms with Gasteiger partial charge >= 0.3 is 0 Å². The summed E-state index contributed by atoms with van der Waals surface area (Å²) in [4.78, 5) is 4.30. The Hall–Kier alpha value is -1.71. The van der Waals surface area contributed by atoms with E-state index in [1.165, 1.54) is 0 Å². The molecule has 5 heteroatoms. The van der Waals surface area contributed by atoms with Gasteiger partial charge in [-0.1, -0.05) is 23.2 Å². The number of phenols is 1. The fraction of sp³-hybridized carbons (Fsp3) is 0.133. The molecule has 0 saturated heterocycles. The summed E-state index contributed by atoms with van der Waals surface area (Å²) in [6.07, 6.45) is 1.66. The third kappa shape index (κ3) is 3.89. The van der Waals surface area contributed by atoms with Crippen LogP contribution in [0.15, 0.2) is 41.4 Å². The van der Waals surface area contributed by atoms with Crippen LogP contribution in [-0.4, -0.2) is 17.9 Å². The molecule has 0 aliphatic carbocycles. The number of ether oxygens (including phenoxy) is 1. The summed E-state index contributed by atoms with van der Waals surface area (Å²) in [6, 6.07) is 10.1. The van der Waals surface area contributed by atoms with Crippen LogP contribution in [0.25, 0.3) is 0 Å². The van der Waals surface area contributed by atoms with E-state index in [9.17, 15) is 5.11 Å². The number of aromatic hydroxyl groups is 1. The Labute approximate surface area is 127 Å². The fourth-order valence-electron chi connectivity index (χ4n) is 1.65. The first kappa shape index (κ1) is 14.7. The summed E-state index contributed by atoms with van der Waals surface area (Å²) in [5.41, 5.74) is 1.47. The van der Waals surface area contributed by atoms with Gasteiger partial charge < -0.3 is 9.84 Å². The van der Waals surface area contributed by atoms with Crippen LogP contribution in [0.2, 0.25) is 10.0 Å². The molecule has 0 aromatic heterocycles. The number of nitrogens with zero attached hydrogens (tertiary/aromatic N) is 1. The molecule has 2 rings (SSSR count). The lowest BCUT2D eigenvalue weighted by atomic mass is 10.2. The third-order valence-corrected chi connectivity index (χ3v) is 2.93. The minimum Gasteiger partial charge on any atom is -0.504 e. The Kier molecular flexibility index (Phi) is 4.88. The average Bonchev–Trinajstić information content (AvgIpc) is 2.39. The highest BCUT2D eigenvalue weighted by atomic mass is 35.5. The number of aliphatic imine (C=N–C) groups is 1. The molecule has 0 aliphatic heterocycles. The number of benzene rings is 2. The number of rotatable bonds is 4. The van der Waals surface area contributed by atoms with E-state index in [4.69, 9.17) is 27.9 Å². The van der Waals surface area contributed by atoms with Crippen molar-refractivity contribution < 1.29 is 9.84 Å². The predicted octanol–water partition coefficient (Wildman–Crippen LogP) is 4.85. The van der Waals surface area contributed by atoms with E-state index in [0.29, 0.717) is 28.1 Å². The van der Waals surface area contributed by atoms with Crippen molar-refractivity contribution in [2.24, 2.45) is 4.99 Å². The lowest BCUT2D eigenvalue weighted by Gasteiger charge is -2.06. The van der Waals surface area contributed by atoms with Crippen molar-refractivity contribution in [3.8, 4) is 11.5 Å². The first-order valence-electron chi connectivity index (χ1n) is 6.04. The molecule has 1 N–H and O–H groups in total. The van der Waals surface area contributed by atoms with Crippen LogP contribution in [-0.2, 0) is 0 Å². The summed E-state index contributed by atoms with van der Waals surface area (Å²) >= 11 is 11.8. The van der Waals surface area contributed by atoms with E-state index in [1.807, 2.05) is 6.92 Å². The lowest BCUT2D eigenvalue weighted by Crippen LogP contribution is -1.93. The molecule has 2 aromatic carbocycles. The molecule has 2 aromatic rings. The molecule has 0 bridgehead atoms. The van der Waals surface area contributed by atoms with E-state index >= 15 is 0 Å². The molecule has 0 spiro atoms. The largest absolute Gasteiger partial charge is 0.504 e.